The summed E-state index contributed by atoms with van der Waals surface area (Å²) in [5, 5.41) is 4.27. The van der Waals surface area contributed by atoms with E-state index in [0.717, 1.165) is 83.3 Å². The van der Waals surface area contributed by atoms with Crippen molar-refractivity contribution >= 4 is 70.5 Å². The first-order valence-corrected chi connectivity index (χ1v) is 21.8. The number of hydrogen-bond donors (Lipinski definition) is 0. The van der Waals surface area contributed by atoms with Crippen molar-refractivity contribution < 1.29 is 4.42 Å². The zero-order valence-corrected chi connectivity index (χ0v) is 34.7. The van der Waals surface area contributed by atoms with Gasteiger partial charge in [0.25, 0.3) is 0 Å². The molecule has 0 aliphatic carbocycles. The molecule has 0 atom stereocenters. The summed E-state index contributed by atoms with van der Waals surface area (Å²) in [6, 6.07) is 76.3. The molecule has 0 radical (unpaired) electrons. The normalized spacial score (nSPS) is 11.5. The minimum absolute atomic E-state index is 0.560. The van der Waals surface area contributed by atoms with Gasteiger partial charge in [0.15, 0.2) is 17.5 Å². The number of aromatic nitrogens is 3. The van der Waals surface area contributed by atoms with Crippen LogP contribution in [0.25, 0.3) is 98.5 Å². The van der Waals surface area contributed by atoms with Crippen molar-refractivity contribution in [2.24, 2.45) is 0 Å². The molecule has 3 heterocycles. The van der Waals surface area contributed by atoms with Gasteiger partial charge in [-0.15, -0.1) is 11.3 Å². The molecule has 12 aromatic rings. The lowest BCUT2D eigenvalue weighted by atomic mass is 9.97. The van der Waals surface area contributed by atoms with E-state index in [4.69, 9.17) is 19.4 Å². The number of furan rings is 1. The minimum atomic E-state index is 0.560. The van der Waals surface area contributed by atoms with E-state index in [2.05, 4.69) is 193 Å². The molecule has 5 nitrogen and oxygen atoms in total. The number of nitrogens with zero attached hydrogens (tertiary/aromatic N) is 4. The summed E-state index contributed by atoms with van der Waals surface area (Å²) in [4.78, 5) is 18.3. The van der Waals surface area contributed by atoms with Crippen molar-refractivity contribution in [1.82, 2.24) is 15.0 Å². The van der Waals surface area contributed by atoms with Gasteiger partial charge in [0.05, 0.1) is 5.69 Å². The highest BCUT2D eigenvalue weighted by Crippen LogP contribution is 2.46. The summed E-state index contributed by atoms with van der Waals surface area (Å²) in [6.07, 6.45) is 0. The first-order valence-electron chi connectivity index (χ1n) is 21.0. The molecule has 63 heavy (non-hydrogen) atoms. The van der Waals surface area contributed by atoms with E-state index in [0.29, 0.717) is 17.5 Å². The average Bonchev–Trinajstić information content (AvgIpc) is 3.93. The van der Waals surface area contributed by atoms with Gasteiger partial charge in [0.1, 0.15) is 11.2 Å². The predicted molar refractivity (Wildman–Crippen MR) is 262 cm³/mol. The van der Waals surface area contributed by atoms with Crippen LogP contribution in [0.5, 0.6) is 0 Å². The first kappa shape index (κ1) is 36.6. The van der Waals surface area contributed by atoms with Crippen LogP contribution in [0.15, 0.2) is 223 Å². The lowest BCUT2D eigenvalue weighted by molar-refractivity contribution is 0.669. The Labute approximate surface area is 367 Å². The maximum atomic E-state index is 6.79. The van der Waals surface area contributed by atoms with Gasteiger partial charge in [-0.2, -0.15) is 0 Å². The van der Waals surface area contributed by atoms with Crippen molar-refractivity contribution in [3.63, 3.8) is 0 Å². The molecule has 12 rings (SSSR count). The molecule has 0 aliphatic heterocycles. The lowest BCUT2D eigenvalue weighted by Gasteiger charge is -2.27. The van der Waals surface area contributed by atoms with Crippen LogP contribution in [0.2, 0.25) is 0 Å². The van der Waals surface area contributed by atoms with Crippen molar-refractivity contribution in [3.8, 4) is 56.4 Å². The number of para-hydroxylation sites is 2. The second kappa shape index (κ2) is 15.4. The van der Waals surface area contributed by atoms with Gasteiger partial charge in [-0.05, 0) is 76.9 Å². The Morgan fingerprint density at radius 2 is 0.873 bits per heavy atom. The summed E-state index contributed by atoms with van der Waals surface area (Å²) >= 11 is 1.79. The van der Waals surface area contributed by atoms with Crippen LogP contribution in [0, 0.1) is 0 Å². The van der Waals surface area contributed by atoms with Crippen LogP contribution < -0.4 is 4.90 Å². The van der Waals surface area contributed by atoms with Crippen molar-refractivity contribution in [1.29, 1.82) is 0 Å². The zero-order chi connectivity index (χ0) is 41.7. The predicted octanol–water partition coefficient (Wildman–Crippen LogP) is 15.9. The van der Waals surface area contributed by atoms with Gasteiger partial charge in [-0.1, -0.05) is 158 Å². The van der Waals surface area contributed by atoms with Gasteiger partial charge in [0.2, 0.25) is 0 Å². The van der Waals surface area contributed by atoms with Crippen molar-refractivity contribution in [2.45, 2.75) is 0 Å². The maximum absolute atomic E-state index is 6.79. The number of benzene rings is 9. The summed E-state index contributed by atoms with van der Waals surface area (Å²) < 4.78 is 9.21. The summed E-state index contributed by atoms with van der Waals surface area (Å²) in [5.74, 6) is 1.77. The second-order valence-electron chi connectivity index (χ2n) is 15.6. The molecule has 3 aromatic heterocycles. The number of fused-ring (bicyclic) bond motifs is 6. The van der Waals surface area contributed by atoms with E-state index in [-0.39, 0.29) is 0 Å². The third-order valence-electron chi connectivity index (χ3n) is 11.7. The molecule has 0 aliphatic rings. The molecule has 296 valence electrons. The third-order valence-corrected chi connectivity index (χ3v) is 12.8. The van der Waals surface area contributed by atoms with Crippen LogP contribution in [-0.4, -0.2) is 15.0 Å². The van der Waals surface area contributed by atoms with Crippen molar-refractivity contribution in [3.05, 3.63) is 218 Å². The fourth-order valence-corrected chi connectivity index (χ4v) is 9.93. The molecule has 0 N–H and O–H groups in total. The minimum Gasteiger partial charge on any atom is -0.456 e. The Kier molecular flexibility index (Phi) is 8.94. The fourth-order valence-electron chi connectivity index (χ4n) is 8.80. The first-order chi connectivity index (χ1) is 31.2. The smallest absolute Gasteiger partial charge is 0.164 e. The van der Waals surface area contributed by atoms with E-state index in [1.807, 2.05) is 30.3 Å². The van der Waals surface area contributed by atoms with Gasteiger partial charge < -0.3 is 9.32 Å². The average molecular weight is 825 g/mol. The van der Waals surface area contributed by atoms with Crippen LogP contribution in [-0.2, 0) is 0 Å². The Morgan fingerprint density at radius 1 is 0.333 bits per heavy atom. The maximum Gasteiger partial charge on any atom is 0.164 e. The Morgan fingerprint density at radius 3 is 1.57 bits per heavy atom. The number of anilines is 3. The van der Waals surface area contributed by atoms with Gasteiger partial charge in [-0.3, -0.25) is 0 Å². The lowest BCUT2D eigenvalue weighted by Crippen LogP contribution is -2.11. The molecule has 0 amide bonds. The molecular formula is C57H36N4OS. The molecule has 9 aromatic carbocycles. The molecule has 0 spiro atoms. The Hall–Kier alpha value is -8.19. The molecule has 0 bridgehead atoms. The van der Waals surface area contributed by atoms with E-state index >= 15 is 0 Å². The third kappa shape index (κ3) is 6.61. The number of thiophene rings is 1. The van der Waals surface area contributed by atoms with Gasteiger partial charge in [0, 0.05) is 65.1 Å². The standard InChI is InChI=1S/C57H36N4OS/c1-5-18-37(19-6-1)40-32-41(38-20-7-2-8-21-38)34-43(33-40)61(42-24-11-4-12-25-42)44-35-48(53-45-26-13-15-29-49(45)62-50(53)36-44)57-59-55(39-22-9-3-10-23-39)58-56(60-57)47-28-17-31-52-54(47)46-27-14-16-30-51(46)63-52/h1-36H. The monoisotopic (exact) mass is 824 g/mol. The molecule has 6 heteroatoms. The molecule has 0 fully saturated rings. The second-order valence-corrected chi connectivity index (χ2v) is 16.7. The van der Waals surface area contributed by atoms with Gasteiger partial charge in [-0.25, -0.2) is 15.0 Å². The van der Waals surface area contributed by atoms with E-state index in [1.54, 1.807) is 11.3 Å². The van der Waals surface area contributed by atoms with E-state index < -0.39 is 0 Å². The van der Waals surface area contributed by atoms with Gasteiger partial charge >= 0.3 is 0 Å². The quantitative estimate of drug-likeness (QED) is 0.153. The largest absolute Gasteiger partial charge is 0.456 e. The zero-order valence-electron chi connectivity index (χ0n) is 33.9. The number of hydrogen-bond acceptors (Lipinski definition) is 6. The Bertz CT molecular complexity index is 3570. The topological polar surface area (TPSA) is 55.1 Å². The summed E-state index contributed by atoms with van der Waals surface area (Å²) in [6.45, 7) is 0. The highest BCUT2D eigenvalue weighted by molar-refractivity contribution is 7.25. The molecular weight excluding hydrogens is 789 g/mol. The van der Waals surface area contributed by atoms with E-state index in [1.165, 1.54) is 14.8 Å². The SMILES string of the molecule is c1ccc(-c2cc(-c3ccccc3)cc(N(c3ccccc3)c3cc(-c4nc(-c5ccccc5)nc(-c5cccc6sc7ccccc7c56)n4)c4c(c3)oc3ccccc34)c2)cc1. The highest BCUT2D eigenvalue weighted by atomic mass is 32.1. The van der Waals surface area contributed by atoms with Crippen LogP contribution >= 0.6 is 11.3 Å². The van der Waals surface area contributed by atoms with Crippen molar-refractivity contribution in [2.75, 3.05) is 4.90 Å². The molecule has 0 saturated heterocycles. The van der Waals surface area contributed by atoms with Crippen LogP contribution in [0.4, 0.5) is 17.1 Å². The Balaban J connectivity index is 1.15. The fraction of sp³-hybridized carbons (Fsp3) is 0. The highest BCUT2D eigenvalue weighted by Gasteiger charge is 2.24. The summed E-state index contributed by atoms with van der Waals surface area (Å²) in [5.41, 5.74) is 11.7. The molecule has 0 unspecified atom stereocenters. The summed E-state index contributed by atoms with van der Waals surface area (Å²) in [7, 11) is 0. The molecule has 0 saturated carbocycles. The van der Waals surface area contributed by atoms with E-state index in [9.17, 15) is 0 Å². The van der Waals surface area contributed by atoms with Crippen LogP contribution in [0.1, 0.15) is 0 Å². The van der Waals surface area contributed by atoms with Crippen LogP contribution in [0.3, 0.4) is 0 Å². The number of rotatable bonds is 8.